The number of nitrogens with one attached hydrogen (secondary N) is 1. The summed E-state index contributed by atoms with van der Waals surface area (Å²) in [5, 5.41) is 3.22. The molecule has 1 aliphatic carbocycles. The van der Waals surface area contributed by atoms with Crippen LogP contribution < -0.4 is 11.1 Å². The Morgan fingerprint density at radius 1 is 1.04 bits per heavy atom. The number of amides is 1. The van der Waals surface area contributed by atoms with Crippen molar-refractivity contribution in [3.63, 3.8) is 0 Å². The lowest BCUT2D eigenvalue weighted by Crippen LogP contribution is -2.49. The van der Waals surface area contributed by atoms with Gasteiger partial charge in [0.2, 0.25) is 5.91 Å². The molecule has 1 atom stereocenters. The molecular formula is C19H20N2O3. The third-order valence-electron chi connectivity index (χ3n) is 4.22. The number of carbonyl (C=O) groups is 2. The van der Waals surface area contributed by atoms with Crippen molar-refractivity contribution in [3.05, 3.63) is 71.3 Å². The average molecular weight is 324 g/mol. The van der Waals surface area contributed by atoms with E-state index < -0.39 is 17.9 Å². The van der Waals surface area contributed by atoms with Gasteiger partial charge in [0.25, 0.3) is 0 Å². The van der Waals surface area contributed by atoms with Crippen LogP contribution in [0, 0.1) is 0 Å². The molecule has 0 heterocycles. The number of benzene rings is 2. The molecule has 0 fully saturated rings. The van der Waals surface area contributed by atoms with E-state index in [2.05, 4.69) is 17.4 Å². The molecule has 0 aliphatic heterocycles. The molecule has 0 saturated heterocycles. The largest absolute Gasteiger partial charge is 0.460 e. The van der Waals surface area contributed by atoms with Crippen LogP contribution in [-0.2, 0) is 22.4 Å². The van der Waals surface area contributed by atoms with Crippen LogP contribution in [0.1, 0.15) is 21.5 Å². The van der Waals surface area contributed by atoms with Gasteiger partial charge >= 0.3 is 5.97 Å². The molecule has 124 valence electrons. The summed E-state index contributed by atoms with van der Waals surface area (Å²) in [5.41, 5.74) is 8.46. The second kappa shape index (κ2) is 7.27. The topological polar surface area (TPSA) is 81.4 Å². The molecule has 0 saturated carbocycles. The highest BCUT2D eigenvalue weighted by atomic mass is 16.5. The lowest BCUT2D eigenvalue weighted by molar-refractivity contribution is -0.121. The third-order valence-corrected chi connectivity index (χ3v) is 4.22. The van der Waals surface area contributed by atoms with Gasteiger partial charge in [-0.25, -0.2) is 4.79 Å². The number of hydrogen-bond acceptors (Lipinski definition) is 4. The zero-order valence-corrected chi connectivity index (χ0v) is 13.3. The maximum atomic E-state index is 12.0. The first-order valence-corrected chi connectivity index (χ1v) is 7.98. The number of nitrogens with two attached hydrogens (primary N) is 1. The fraction of sp³-hybridized carbons (Fsp3) is 0.263. The zero-order valence-electron chi connectivity index (χ0n) is 13.3. The summed E-state index contributed by atoms with van der Waals surface area (Å²) >= 11 is 0. The Bertz CT molecular complexity index is 705. The van der Waals surface area contributed by atoms with Crippen molar-refractivity contribution in [1.29, 1.82) is 0 Å². The standard InChI is InChI=1S/C19H20N2O3/c20-18(22)17(12-24-19(23)13-6-2-1-3-7-13)21-16-10-14-8-4-5-9-15(14)11-16/h1-9,16-17,21H,10-12H2,(H2,20,22)/t17-/m0/s1. The first-order chi connectivity index (χ1) is 11.6. The van der Waals surface area contributed by atoms with E-state index in [1.165, 1.54) is 11.1 Å². The van der Waals surface area contributed by atoms with Crippen molar-refractivity contribution in [3.8, 4) is 0 Å². The Morgan fingerprint density at radius 2 is 1.62 bits per heavy atom. The molecule has 5 heteroatoms. The molecule has 1 amide bonds. The molecule has 0 spiro atoms. The predicted molar refractivity (Wildman–Crippen MR) is 90.5 cm³/mol. The predicted octanol–water partition coefficient (Wildman–Crippen LogP) is 1.45. The fourth-order valence-electron chi connectivity index (χ4n) is 2.99. The molecule has 5 nitrogen and oxygen atoms in total. The van der Waals surface area contributed by atoms with Gasteiger partial charge in [-0.3, -0.25) is 10.1 Å². The van der Waals surface area contributed by atoms with Crippen LogP contribution in [0.2, 0.25) is 0 Å². The van der Waals surface area contributed by atoms with Crippen molar-refractivity contribution in [2.24, 2.45) is 5.73 Å². The van der Waals surface area contributed by atoms with E-state index in [0.717, 1.165) is 12.8 Å². The lowest BCUT2D eigenvalue weighted by Gasteiger charge is -2.20. The first kappa shape index (κ1) is 16.2. The second-order valence-electron chi connectivity index (χ2n) is 5.96. The SMILES string of the molecule is NC(=O)[C@H](COC(=O)c1ccccc1)NC1Cc2ccccc2C1. The monoisotopic (exact) mass is 324 g/mol. The molecule has 0 radical (unpaired) electrons. The van der Waals surface area contributed by atoms with Crippen LogP contribution >= 0.6 is 0 Å². The Hall–Kier alpha value is -2.66. The molecule has 3 rings (SSSR count). The van der Waals surface area contributed by atoms with Crippen molar-refractivity contribution < 1.29 is 14.3 Å². The number of esters is 1. The molecule has 24 heavy (non-hydrogen) atoms. The molecule has 2 aromatic carbocycles. The number of carbonyl (C=O) groups excluding carboxylic acids is 2. The molecule has 3 N–H and O–H groups in total. The van der Waals surface area contributed by atoms with Crippen LogP contribution in [0.25, 0.3) is 0 Å². The van der Waals surface area contributed by atoms with E-state index in [4.69, 9.17) is 10.5 Å². The smallest absolute Gasteiger partial charge is 0.338 e. The Labute approximate surface area is 140 Å². The number of primary amides is 1. The van der Waals surface area contributed by atoms with Gasteiger partial charge in [-0.2, -0.15) is 0 Å². The number of fused-ring (bicyclic) bond motifs is 1. The summed E-state index contributed by atoms with van der Waals surface area (Å²) in [5.74, 6) is -0.981. The highest BCUT2D eigenvalue weighted by molar-refractivity contribution is 5.89. The maximum Gasteiger partial charge on any atom is 0.338 e. The van der Waals surface area contributed by atoms with Gasteiger partial charge in [0.15, 0.2) is 0 Å². The van der Waals surface area contributed by atoms with Gasteiger partial charge in [-0.05, 0) is 36.1 Å². The quantitative estimate of drug-likeness (QED) is 0.788. The van der Waals surface area contributed by atoms with E-state index in [1.807, 2.05) is 18.2 Å². The van der Waals surface area contributed by atoms with E-state index in [1.54, 1.807) is 24.3 Å². The van der Waals surface area contributed by atoms with Gasteiger partial charge in [0.05, 0.1) is 5.56 Å². The summed E-state index contributed by atoms with van der Waals surface area (Å²) in [6.07, 6.45) is 1.68. The van der Waals surface area contributed by atoms with Gasteiger partial charge in [-0.15, -0.1) is 0 Å². The molecule has 1 aliphatic rings. The number of rotatable bonds is 6. The molecule has 0 aromatic heterocycles. The van der Waals surface area contributed by atoms with Gasteiger partial charge in [0, 0.05) is 6.04 Å². The number of ether oxygens (including phenoxy) is 1. The Balaban J connectivity index is 1.56. The molecule has 2 aromatic rings. The van der Waals surface area contributed by atoms with E-state index >= 15 is 0 Å². The first-order valence-electron chi connectivity index (χ1n) is 7.98. The van der Waals surface area contributed by atoms with E-state index in [9.17, 15) is 9.59 Å². The minimum Gasteiger partial charge on any atom is -0.460 e. The summed E-state index contributed by atoms with van der Waals surface area (Å²) in [4.78, 5) is 23.7. The number of hydrogen-bond donors (Lipinski definition) is 2. The lowest BCUT2D eigenvalue weighted by atomic mass is 10.1. The van der Waals surface area contributed by atoms with Gasteiger partial charge in [-0.1, -0.05) is 42.5 Å². The Kier molecular flexibility index (Phi) is 4.91. The summed E-state index contributed by atoms with van der Waals surface area (Å²) < 4.78 is 5.24. The second-order valence-corrected chi connectivity index (χ2v) is 5.96. The molecular weight excluding hydrogens is 304 g/mol. The van der Waals surface area contributed by atoms with Gasteiger partial charge in [0.1, 0.15) is 12.6 Å². The molecule has 0 unspecified atom stereocenters. The zero-order chi connectivity index (χ0) is 16.9. The summed E-state index contributed by atoms with van der Waals surface area (Å²) in [6.45, 7) is -0.0735. The van der Waals surface area contributed by atoms with Crippen molar-refractivity contribution in [2.75, 3.05) is 6.61 Å². The van der Waals surface area contributed by atoms with Crippen LogP contribution in [0.5, 0.6) is 0 Å². The van der Waals surface area contributed by atoms with E-state index in [-0.39, 0.29) is 12.6 Å². The summed E-state index contributed by atoms with van der Waals surface area (Å²) in [6, 6.07) is 16.3. The summed E-state index contributed by atoms with van der Waals surface area (Å²) in [7, 11) is 0. The van der Waals surface area contributed by atoms with E-state index in [0.29, 0.717) is 5.56 Å². The minimum absolute atomic E-state index is 0.0735. The van der Waals surface area contributed by atoms with Crippen LogP contribution in [0.4, 0.5) is 0 Å². The van der Waals surface area contributed by atoms with Crippen LogP contribution in [0.15, 0.2) is 54.6 Å². The third kappa shape index (κ3) is 3.81. The van der Waals surface area contributed by atoms with Gasteiger partial charge < -0.3 is 10.5 Å². The highest BCUT2D eigenvalue weighted by Crippen LogP contribution is 2.21. The molecule has 0 bridgehead atoms. The van der Waals surface area contributed by atoms with Crippen LogP contribution in [0.3, 0.4) is 0 Å². The minimum atomic E-state index is -0.697. The fourth-order valence-corrected chi connectivity index (χ4v) is 2.99. The van der Waals surface area contributed by atoms with Crippen molar-refractivity contribution in [1.82, 2.24) is 5.32 Å². The normalized spacial score (nSPS) is 14.8. The van der Waals surface area contributed by atoms with Crippen LogP contribution in [-0.4, -0.2) is 30.6 Å². The average Bonchev–Trinajstić information content (AvgIpc) is 3.01. The highest BCUT2D eigenvalue weighted by Gasteiger charge is 2.26. The van der Waals surface area contributed by atoms with Crippen molar-refractivity contribution >= 4 is 11.9 Å². The maximum absolute atomic E-state index is 12.0. The van der Waals surface area contributed by atoms with Crippen molar-refractivity contribution in [2.45, 2.75) is 24.9 Å². The Morgan fingerprint density at radius 3 is 2.21 bits per heavy atom.